The fourth-order valence-corrected chi connectivity index (χ4v) is 3.75. The van der Waals surface area contributed by atoms with Crippen LogP contribution in [0.25, 0.3) is 0 Å². The molecule has 0 amide bonds. The van der Waals surface area contributed by atoms with E-state index in [0.29, 0.717) is 5.69 Å². The van der Waals surface area contributed by atoms with E-state index in [1.54, 1.807) is 13.8 Å². The highest BCUT2D eigenvalue weighted by Gasteiger charge is 2.22. The molecule has 0 saturated carbocycles. The van der Waals surface area contributed by atoms with Crippen molar-refractivity contribution in [3.8, 4) is 0 Å². The summed E-state index contributed by atoms with van der Waals surface area (Å²) in [5.41, 5.74) is 1.41. The molecule has 0 radical (unpaired) electrons. The quantitative estimate of drug-likeness (QED) is 0.892. The van der Waals surface area contributed by atoms with Crippen molar-refractivity contribution in [2.75, 3.05) is 0 Å². The van der Waals surface area contributed by atoms with Gasteiger partial charge in [-0.15, -0.1) is 11.3 Å². The second-order valence-corrected chi connectivity index (χ2v) is 6.60. The number of hydrogen-bond acceptors (Lipinski definition) is 5. The van der Waals surface area contributed by atoms with Crippen molar-refractivity contribution in [1.82, 2.24) is 19.9 Å². The lowest BCUT2D eigenvalue weighted by Crippen LogP contribution is -2.27. The van der Waals surface area contributed by atoms with Crippen molar-refractivity contribution in [2.24, 2.45) is 0 Å². The van der Waals surface area contributed by atoms with E-state index in [2.05, 4.69) is 19.9 Å². The van der Waals surface area contributed by atoms with Gasteiger partial charge in [0.25, 0.3) is 0 Å². The van der Waals surface area contributed by atoms with E-state index in [4.69, 9.17) is 0 Å². The van der Waals surface area contributed by atoms with Gasteiger partial charge in [0.2, 0.25) is 10.0 Å². The maximum Gasteiger partial charge on any atom is 0.244 e. The van der Waals surface area contributed by atoms with Crippen LogP contribution in [0.5, 0.6) is 0 Å². The van der Waals surface area contributed by atoms with Crippen LogP contribution in [-0.4, -0.2) is 23.6 Å². The first-order valence-electron chi connectivity index (χ1n) is 5.34. The van der Waals surface area contributed by atoms with E-state index in [0.717, 1.165) is 10.7 Å². The molecule has 0 aliphatic rings. The molecule has 0 aliphatic carbocycles. The molecule has 2 N–H and O–H groups in total. The Kier molecular flexibility index (Phi) is 3.51. The smallest absolute Gasteiger partial charge is 0.244 e. The molecule has 0 fully saturated rings. The molecule has 18 heavy (non-hydrogen) atoms. The number of aryl methyl sites for hydroxylation is 2. The van der Waals surface area contributed by atoms with Gasteiger partial charge in [-0.25, -0.2) is 18.1 Å². The van der Waals surface area contributed by atoms with Gasteiger partial charge in [-0.1, -0.05) is 0 Å². The van der Waals surface area contributed by atoms with Crippen molar-refractivity contribution in [3.05, 3.63) is 28.0 Å². The molecular formula is C10H14N4O2S2. The van der Waals surface area contributed by atoms with Crippen LogP contribution in [0.3, 0.4) is 0 Å². The van der Waals surface area contributed by atoms with Gasteiger partial charge < -0.3 is 0 Å². The summed E-state index contributed by atoms with van der Waals surface area (Å²) >= 11 is 1.44. The van der Waals surface area contributed by atoms with Crippen molar-refractivity contribution in [2.45, 2.75) is 31.7 Å². The highest BCUT2D eigenvalue weighted by atomic mass is 32.2. The summed E-state index contributed by atoms with van der Waals surface area (Å²) in [6.45, 7) is 5.31. The first-order valence-corrected chi connectivity index (χ1v) is 7.71. The molecule has 0 spiro atoms. The first-order chi connectivity index (χ1) is 8.40. The normalized spacial score (nSPS) is 13.7. The summed E-state index contributed by atoms with van der Waals surface area (Å²) in [6.07, 6.45) is 1.30. The maximum absolute atomic E-state index is 12.1. The zero-order valence-corrected chi connectivity index (χ0v) is 11.9. The Hall–Kier alpha value is -1.25. The molecule has 1 unspecified atom stereocenters. The van der Waals surface area contributed by atoms with E-state index in [1.807, 2.05) is 12.3 Å². The molecule has 2 aromatic rings. The average Bonchev–Trinajstić information content (AvgIpc) is 2.86. The third-order valence-electron chi connectivity index (χ3n) is 2.41. The lowest BCUT2D eigenvalue weighted by Gasteiger charge is -2.11. The number of nitrogens with one attached hydrogen (secondary N) is 2. The number of hydrogen-bond donors (Lipinski definition) is 2. The van der Waals surface area contributed by atoms with Gasteiger partial charge in [-0.3, -0.25) is 5.10 Å². The summed E-state index contributed by atoms with van der Waals surface area (Å²) in [5, 5.41) is 8.96. The second-order valence-electron chi connectivity index (χ2n) is 4.03. The van der Waals surface area contributed by atoms with Crippen molar-refractivity contribution in [1.29, 1.82) is 0 Å². The lowest BCUT2D eigenvalue weighted by molar-refractivity contribution is 0.565. The minimum atomic E-state index is -3.56. The van der Waals surface area contributed by atoms with Crippen LogP contribution >= 0.6 is 11.3 Å². The van der Waals surface area contributed by atoms with Crippen molar-refractivity contribution < 1.29 is 8.42 Å². The number of H-pyrrole nitrogens is 1. The Morgan fingerprint density at radius 3 is 2.67 bits per heavy atom. The highest BCUT2D eigenvalue weighted by Crippen LogP contribution is 2.20. The van der Waals surface area contributed by atoms with E-state index in [-0.39, 0.29) is 10.9 Å². The Balaban J connectivity index is 2.21. The number of sulfonamides is 1. The van der Waals surface area contributed by atoms with Gasteiger partial charge in [0.05, 0.1) is 17.9 Å². The van der Waals surface area contributed by atoms with Gasteiger partial charge in [-0.2, -0.15) is 5.10 Å². The molecule has 0 bridgehead atoms. The SMILES string of the molecule is Cc1csc(C(C)NS(=O)(=O)c2cn[nH]c2C)n1. The van der Waals surface area contributed by atoms with Crippen LogP contribution in [0.1, 0.15) is 29.4 Å². The van der Waals surface area contributed by atoms with Crippen LogP contribution in [0.15, 0.2) is 16.5 Å². The van der Waals surface area contributed by atoms with Crippen LogP contribution < -0.4 is 4.72 Å². The number of nitrogens with zero attached hydrogens (tertiary/aromatic N) is 2. The summed E-state index contributed by atoms with van der Waals surface area (Å²) in [7, 11) is -3.56. The van der Waals surface area contributed by atoms with Crippen LogP contribution in [0, 0.1) is 13.8 Å². The Labute approximate surface area is 110 Å². The van der Waals surface area contributed by atoms with Gasteiger partial charge in [0.1, 0.15) is 9.90 Å². The molecule has 0 saturated heterocycles. The van der Waals surface area contributed by atoms with Crippen LogP contribution in [0.4, 0.5) is 0 Å². The minimum absolute atomic E-state index is 0.169. The third-order valence-corrected chi connectivity index (χ3v) is 5.21. The molecule has 8 heteroatoms. The number of aromatic amines is 1. The topological polar surface area (TPSA) is 87.7 Å². The number of aromatic nitrogens is 3. The average molecular weight is 286 g/mol. The summed E-state index contributed by atoms with van der Waals surface area (Å²) < 4.78 is 26.8. The van der Waals surface area contributed by atoms with Gasteiger partial charge in [0.15, 0.2) is 0 Å². The van der Waals surface area contributed by atoms with Crippen LogP contribution in [-0.2, 0) is 10.0 Å². The standard InChI is InChI=1S/C10H14N4O2S2/c1-6-5-17-10(12-6)8(3)14-18(15,16)9-4-11-13-7(9)2/h4-5,8,14H,1-3H3,(H,11,13). The summed E-state index contributed by atoms with van der Waals surface area (Å²) in [6, 6.07) is -0.358. The zero-order valence-electron chi connectivity index (χ0n) is 10.3. The first kappa shape index (κ1) is 13.2. The van der Waals surface area contributed by atoms with Gasteiger partial charge in [0, 0.05) is 11.1 Å². The highest BCUT2D eigenvalue weighted by molar-refractivity contribution is 7.89. The van der Waals surface area contributed by atoms with Gasteiger partial charge >= 0.3 is 0 Å². The summed E-state index contributed by atoms with van der Waals surface area (Å²) in [5.74, 6) is 0. The molecule has 1 atom stereocenters. The zero-order chi connectivity index (χ0) is 13.3. The molecule has 2 aromatic heterocycles. The predicted octanol–water partition coefficient (Wildman–Crippen LogP) is 1.52. The molecular weight excluding hydrogens is 272 g/mol. The summed E-state index contributed by atoms with van der Waals surface area (Å²) in [4.78, 5) is 4.44. The third kappa shape index (κ3) is 2.60. The maximum atomic E-state index is 12.1. The van der Waals surface area contributed by atoms with Crippen molar-refractivity contribution >= 4 is 21.4 Å². The number of thiazole rings is 1. The number of rotatable bonds is 4. The molecule has 0 aliphatic heterocycles. The fraction of sp³-hybridized carbons (Fsp3) is 0.400. The molecule has 6 nitrogen and oxygen atoms in total. The van der Waals surface area contributed by atoms with E-state index >= 15 is 0 Å². The molecule has 2 rings (SSSR count). The van der Waals surface area contributed by atoms with E-state index in [9.17, 15) is 8.42 Å². The van der Waals surface area contributed by atoms with Gasteiger partial charge in [-0.05, 0) is 20.8 Å². The minimum Gasteiger partial charge on any atom is -0.281 e. The molecule has 98 valence electrons. The fourth-order valence-electron chi connectivity index (χ4n) is 1.53. The Morgan fingerprint density at radius 1 is 1.44 bits per heavy atom. The monoisotopic (exact) mass is 286 g/mol. The largest absolute Gasteiger partial charge is 0.281 e. The molecule has 0 aromatic carbocycles. The predicted molar refractivity (Wildman–Crippen MR) is 68.9 cm³/mol. The van der Waals surface area contributed by atoms with E-state index < -0.39 is 10.0 Å². The second kappa shape index (κ2) is 4.79. The Morgan fingerprint density at radius 2 is 2.17 bits per heavy atom. The van der Waals surface area contributed by atoms with Crippen molar-refractivity contribution in [3.63, 3.8) is 0 Å². The van der Waals surface area contributed by atoms with E-state index in [1.165, 1.54) is 17.5 Å². The van der Waals surface area contributed by atoms with Crippen LogP contribution in [0.2, 0.25) is 0 Å². The lowest BCUT2D eigenvalue weighted by atomic mass is 10.4. The molecule has 2 heterocycles. The Bertz CT molecular complexity index is 644.